The first-order valence-corrected chi connectivity index (χ1v) is 9.29. The van der Waals surface area contributed by atoms with Crippen LogP contribution in [0.1, 0.15) is 46.0 Å². The van der Waals surface area contributed by atoms with Gasteiger partial charge < -0.3 is 19.7 Å². The van der Waals surface area contributed by atoms with Crippen LogP contribution < -0.4 is 5.32 Å². The molecule has 0 aromatic heterocycles. The highest BCUT2D eigenvalue weighted by Crippen LogP contribution is 2.34. The van der Waals surface area contributed by atoms with Gasteiger partial charge in [-0.15, -0.1) is 0 Å². The molecule has 1 spiro atoms. The van der Waals surface area contributed by atoms with E-state index >= 15 is 0 Å². The molecule has 2 aliphatic heterocycles. The third-order valence-electron chi connectivity index (χ3n) is 6.02. The fourth-order valence-electron chi connectivity index (χ4n) is 4.40. The number of rotatable bonds is 1. The van der Waals surface area contributed by atoms with Crippen LogP contribution in [0.3, 0.4) is 0 Å². The van der Waals surface area contributed by atoms with Crippen LogP contribution in [0.5, 0.6) is 0 Å². The Hall–Kier alpha value is -0.810. The van der Waals surface area contributed by atoms with Crippen molar-refractivity contribution in [2.75, 3.05) is 39.5 Å². The molecule has 5 heteroatoms. The van der Waals surface area contributed by atoms with Crippen molar-refractivity contribution >= 4 is 6.03 Å². The van der Waals surface area contributed by atoms with E-state index < -0.39 is 0 Å². The number of carbonyl (C=O) groups excluding carboxylic acids is 1. The van der Waals surface area contributed by atoms with Crippen molar-refractivity contribution in [3.05, 3.63) is 0 Å². The van der Waals surface area contributed by atoms with Crippen molar-refractivity contribution in [3.63, 3.8) is 0 Å². The molecule has 2 amide bonds. The number of carbonyl (C=O) groups is 1. The first-order valence-electron chi connectivity index (χ1n) is 9.29. The number of nitrogens with one attached hydrogen (secondary N) is 1. The minimum atomic E-state index is 0.0960. The first-order chi connectivity index (χ1) is 11.1. The molecule has 1 N–H and O–H groups in total. The molecule has 2 heterocycles. The molecule has 0 aromatic rings. The van der Waals surface area contributed by atoms with E-state index in [9.17, 15) is 4.79 Å². The molecular weight excluding hydrogens is 292 g/mol. The van der Waals surface area contributed by atoms with Gasteiger partial charge in [0.05, 0.1) is 13.2 Å². The Morgan fingerprint density at radius 3 is 2.65 bits per heavy atom. The van der Waals surface area contributed by atoms with Crippen LogP contribution in [0.2, 0.25) is 0 Å². The van der Waals surface area contributed by atoms with Crippen molar-refractivity contribution < 1.29 is 14.3 Å². The summed E-state index contributed by atoms with van der Waals surface area (Å²) >= 11 is 0. The molecular formula is C18H32N2O3. The Bertz CT molecular complexity index is 409. The molecule has 3 aliphatic rings. The summed E-state index contributed by atoms with van der Waals surface area (Å²) in [6.07, 6.45) is 5.54. The zero-order valence-electron chi connectivity index (χ0n) is 14.7. The summed E-state index contributed by atoms with van der Waals surface area (Å²) in [4.78, 5) is 14.8. The van der Waals surface area contributed by atoms with Gasteiger partial charge in [0, 0.05) is 37.8 Å². The summed E-state index contributed by atoms with van der Waals surface area (Å²) in [6, 6.07) is 0.432. The van der Waals surface area contributed by atoms with E-state index in [1.165, 1.54) is 12.8 Å². The van der Waals surface area contributed by atoms with E-state index in [0.717, 1.165) is 51.5 Å². The molecule has 3 fully saturated rings. The largest absolute Gasteiger partial charge is 0.381 e. The summed E-state index contributed by atoms with van der Waals surface area (Å²) in [5.41, 5.74) is 0.0960. The average Bonchev–Trinajstić information content (AvgIpc) is 2.74. The molecule has 0 unspecified atom stereocenters. The SMILES string of the molecule is C[C@@H]1CC[C@@H](NC(=O)N2CCOCC3(CCOCC3)C2)[C@@H](C)C1. The van der Waals surface area contributed by atoms with Gasteiger partial charge in [-0.3, -0.25) is 0 Å². The molecule has 5 nitrogen and oxygen atoms in total. The first kappa shape index (κ1) is 17.0. The molecule has 2 saturated heterocycles. The monoisotopic (exact) mass is 324 g/mol. The van der Waals surface area contributed by atoms with Gasteiger partial charge in [-0.25, -0.2) is 4.79 Å². The summed E-state index contributed by atoms with van der Waals surface area (Å²) in [5, 5.41) is 3.31. The van der Waals surface area contributed by atoms with Gasteiger partial charge >= 0.3 is 6.03 Å². The van der Waals surface area contributed by atoms with E-state index in [1.807, 2.05) is 4.90 Å². The lowest BCUT2D eigenvalue weighted by Gasteiger charge is -2.39. The second-order valence-electron chi connectivity index (χ2n) is 8.04. The topological polar surface area (TPSA) is 50.8 Å². The van der Waals surface area contributed by atoms with Gasteiger partial charge in [-0.2, -0.15) is 0 Å². The van der Waals surface area contributed by atoms with Gasteiger partial charge in [0.25, 0.3) is 0 Å². The van der Waals surface area contributed by atoms with Crippen LogP contribution in [0.15, 0.2) is 0 Å². The number of hydrogen-bond donors (Lipinski definition) is 1. The summed E-state index contributed by atoms with van der Waals surface area (Å²) in [7, 11) is 0. The van der Waals surface area contributed by atoms with E-state index in [1.54, 1.807) is 0 Å². The second-order valence-corrected chi connectivity index (χ2v) is 8.04. The van der Waals surface area contributed by atoms with Crippen LogP contribution >= 0.6 is 0 Å². The van der Waals surface area contributed by atoms with Crippen LogP contribution in [0, 0.1) is 17.3 Å². The van der Waals surface area contributed by atoms with Crippen molar-refractivity contribution in [2.45, 2.75) is 52.0 Å². The fourth-order valence-corrected chi connectivity index (χ4v) is 4.40. The lowest BCUT2D eigenvalue weighted by atomic mass is 9.79. The van der Waals surface area contributed by atoms with E-state index in [4.69, 9.17) is 9.47 Å². The van der Waals surface area contributed by atoms with Crippen LogP contribution in [-0.2, 0) is 9.47 Å². The third kappa shape index (κ3) is 4.18. The Morgan fingerprint density at radius 1 is 1.13 bits per heavy atom. The Morgan fingerprint density at radius 2 is 1.91 bits per heavy atom. The summed E-state index contributed by atoms with van der Waals surface area (Å²) in [5.74, 6) is 1.36. The minimum absolute atomic E-state index is 0.0960. The molecule has 3 rings (SSSR count). The lowest BCUT2D eigenvalue weighted by molar-refractivity contribution is -0.0296. The fraction of sp³-hybridized carbons (Fsp3) is 0.944. The zero-order chi connectivity index (χ0) is 16.3. The molecule has 0 aromatic carbocycles. The number of urea groups is 1. The maximum Gasteiger partial charge on any atom is 0.317 e. The molecule has 132 valence electrons. The van der Waals surface area contributed by atoms with E-state index in [2.05, 4.69) is 19.2 Å². The number of hydrogen-bond acceptors (Lipinski definition) is 3. The average molecular weight is 324 g/mol. The molecule has 3 atom stereocenters. The highest BCUT2D eigenvalue weighted by atomic mass is 16.5. The predicted molar refractivity (Wildman–Crippen MR) is 89.4 cm³/mol. The Labute approximate surface area is 140 Å². The van der Waals surface area contributed by atoms with Gasteiger partial charge in [0.1, 0.15) is 0 Å². The van der Waals surface area contributed by atoms with Gasteiger partial charge in [-0.05, 0) is 43.9 Å². The van der Waals surface area contributed by atoms with Gasteiger partial charge in [0.15, 0.2) is 0 Å². The van der Waals surface area contributed by atoms with Crippen LogP contribution in [0.4, 0.5) is 4.79 Å². The van der Waals surface area contributed by atoms with Gasteiger partial charge in [0.2, 0.25) is 0 Å². The van der Waals surface area contributed by atoms with Crippen molar-refractivity contribution in [1.82, 2.24) is 10.2 Å². The summed E-state index contributed by atoms with van der Waals surface area (Å²) in [6.45, 7) is 9.07. The number of ether oxygens (including phenoxy) is 2. The Balaban J connectivity index is 1.59. The third-order valence-corrected chi connectivity index (χ3v) is 6.02. The van der Waals surface area contributed by atoms with Crippen molar-refractivity contribution in [2.24, 2.45) is 17.3 Å². The highest BCUT2D eigenvalue weighted by molar-refractivity contribution is 5.74. The van der Waals surface area contributed by atoms with Crippen molar-refractivity contribution in [1.29, 1.82) is 0 Å². The Kier molecular flexibility index (Phi) is 5.47. The molecule has 1 aliphatic carbocycles. The minimum Gasteiger partial charge on any atom is -0.381 e. The standard InChI is InChI=1S/C18H32N2O3/c1-14-3-4-16(15(2)11-14)19-17(21)20-7-10-23-13-18(12-20)5-8-22-9-6-18/h14-16H,3-13H2,1-2H3,(H,19,21)/t14-,15+,16-/m1/s1. The molecule has 1 saturated carbocycles. The van der Waals surface area contributed by atoms with Crippen molar-refractivity contribution in [3.8, 4) is 0 Å². The summed E-state index contributed by atoms with van der Waals surface area (Å²) < 4.78 is 11.3. The second kappa shape index (κ2) is 7.39. The maximum atomic E-state index is 12.8. The number of nitrogens with zero attached hydrogens (tertiary/aromatic N) is 1. The van der Waals surface area contributed by atoms with Gasteiger partial charge in [-0.1, -0.05) is 13.8 Å². The number of amides is 2. The zero-order valence-corrected chi connectivity index (χ0v) is 14.7. The quantitative estimate of drug-likeness (QED) is 0.807. The smallest absolute Gasteiger partial charge is 0.317 e. The van der Waals surface area contributed by atoms with E-state index in [0.29, 0.717) is 25.1 Å². The normalized spacial score (nSPS) is 34.9. The lowest BCUT2D eigenvalue weighted by Crippen LogP contribution is -2.52. The molecule has 0 bridgehead atoms. The molecule has 23 heavy (non-hydrogen) atoms. The molecule has 0 radical (unpaired) electrons. The predicted octanol–water partition coefficient (Wildman–Crippen LogP) is 2.65. The maximum absolute atomic E-state index is 12.8. The highest BCUT2D eigenvalue weighted by Gasteiger charge is 2.38. The van der Waals surface area contributed by atoms with E-state index in [-0.39, 0.29) is 11.4 Å². The van der Waals surface area contributed by atoms with Crippen LogP contribution in [-0.4, -0.2) is 56.5 Å². The van der Waals surface area contributed by atoms with Crippen LogP contribution in [0.25, 0.3) is 0 Å².